The number of aromatic nitrogens is 3. The highest BCUT2D eigenvalue weighted by Gasteiger charge is 2.16. The summed E-state index contributed by atoms with van der Waals surface area (Å²) < 4.78 is 0. The van der Waals surface area contributed by atoms with E-state index in [1.807, 2.05) is 30.3 Å². The number of para-hydroxylation sites is 1. The predicted molar refractivity (Wildman–Crippen MR) is 95.7 cm³/mol. The molecular weight excluding hydrogens is 306 g/mol. The molecule has 0 radical (unpaired) electrons. The maximum absolute atomic E-state index is 6.25. The van der Waals surface area contributed by atoms with Crippen molar-refractivity contribution in [3.8, 4) is 0 Å². The van der Waals surface area contributed by atoms with Gasteiger partial charge in [-0.25, -0.2) is 9.97 Å². The first-order valence-corrected chi connectivity index (χ1v) is 8.16. The van der Waals surface area contributed by atoms with E-state index in [1.54, 1.807) is 6.20 Å². The number of nitrogens with zero attached hydrogens (tertiary/aromatic N) is 3. The third kappa shape index (κ3) is 3.53. The van der Waals surface area contributed by atoms with Gasteiger partial charge in [0.05, 0.1) is 5.52 Å². The number of rotatable bonds is 3. The molecule has 3 N–H and O–H groups in total. The molecular formula is C17H19N5S. The summed E-state index contributed by atoms with van der Waals surface area (Å²) in [7, 11) is 0. The zero-order chi connectivity index (χ0) is 16.4. The molecule has 5 nitrogen and oxygen atoms in total. The average molecular weight is 325 g/mol. The van der Waals surface area contributed by atoms with Crippen LogP contribution < -0.4 is 11.1 Å². The quantitative estimate of drug-likeness (QED) is 0.710. The second kappa shape index (κ2) is 6.04. The Balaban J connectivity index is 1.98. The molecule has 0 aliphatic carbocycles. The Labute approximate surface area is 139 Å². The van der Waals surface area contributed by atoms with Gasteiger partial charge in [-0.2, -0.15) is 0 Å². The summed E-state index contributed by atoms with van der Waals surface area (Å²) in [4.78, 5) is 14.1. The molecule has 1 aromatic carbocycles. The molecule has 0 saturated carbocycles. The number of hydrogen-bond acceptors (Lipinski definition) is 6. The monoisotopic (exact) mass is 325 g/mol. The van der Waals surface area contributed by atoms with E-state index in [9.17, 15) is 0 Å². The van der Waals surface area contributed by atoms with Crippen molar-refractivity contribution in [2.45, 2.75) is 36.2 Å². The van der Waals surface area contributed by atoms with Crippen molar-refractivity contribution in [3.05, 3.63) is 42.9 Å². The standard InChI is InChI=1S/C17H19N5S/c1-17(2,3)22-15-13(18)16(21-10-20-15)23-12-8-4-6-11-7-5-9-19-14(11)12/h4-10H,18H2,1-3H3,(H,20,21,22). The van der Waals surface area contributed by atoms with Crippen molar-refractivity contribution in [1.29, 1.82) is 0 Å². The van der Waals surface area contributed by atoms with Gasteiger partial charge in [0.25, 0.3) is 0 Å². The van der Waals surface area contributed by atoms with Crippen molar-refractivity contribution < 1.29 is 0 Å². The van der Waals surface area contributed by atoms with Gasteiger partial charge < -0.3 is 11.1 Å². The van der Waals surface area contributed by atoms with Gasteiger partial charge in [0.1, 0.15) is 17.0 Å². The SMILES string of the molecule is CC(C)(C)Nc1ncnc(Sc2cccc3cccnc23)c1N. The van der Waals surface area contributed by atoms with E-state index in [4.69, 9.17) is 5.73 Å². The minimum absolute atomic E-state index is 0.120. The van der Waals surface area contributed by atoms with Crippen molar-refractivity contribution in [2.75, 3.05) is 11.1 Å². The van der Waals surface area contributed by atoms with E-state index in [0.717, 1.165) is 20.8 Å². The van der Waals surface area contributed by atoms with Crippen molar-refractivity contribution in [3.63, 3.8) is 0 Å². The molecule has 0 atom stereocenters. The van der Waals surface area contributed by atoms with Crippen LogP contribution in [0.1, 0.15) is 20.8 Å². The molecule has 0 amide bonds. The Bertz CT molecular complexity index is 837. The molecule has 0 unspecified atom stereocenters. The van der Waals surface area contributed by atoms with Gasteiger partial charge in [-0.05, 0) is 32.9 Å². The third-order valence-corrected chi connectivity index (χ3v) is 4.21. The lowest BCUT2D eigenvalue weighted by Gasteiger charge is -2.22. The zero-order valence-corrected chi connectivity index (χ0v) is 14.2. The van der Waals surface area contributed by atoms with E-state index in [1.165, 1.54) is 18.1 Å². The second-order valence-electron chi connectivity index (χ2n) is 6.25. The van der Waals surface area contributed by atoms with Crippen LogP contribution in [0, 0.1) is 0 Å². The maximum Gasteiger partial charge on any atom is 0.154 e. The molecule has 6 heteroatoms. The fraction of sp³-hybridized carbons (Fsp3) is 0.235. The number of benzene rings is 1. The molecule has 0 aliphatic rings. The smallest absolute Gasteiger partial charge is 0.154 e. The van der Waals surface area contributed by atoms with Crippen LogP contribution in [0.15, 0.2) is 52.8 Å². The minimum Gasteiger partial charge on any atom is -0.394 e. The third-order valence-electron chi connectivity index (χ3n) is 3.14. The van der Waals surface area contributed by atoms with Crippen LogP contribution in [-0.4, -0.2) is 20.5 Å². The molecule has 2 aromatic heterocycles. The predicted octanol–water partition coefficient (Wildman–Crippen LogP) is 3.97. The van der Waals surface area contributed by atoms with Crippen LogP contribution in [0.2, 0.25) is 0 Å². The molecule has 0 aliphatic heterocycles. The van der Waals surface area contributed by atoms with Crippen LogP contribution in [0.3, 0.4) is 0 Å². The van der Waals surface area contributed by atoms with Gasteiger partial charge in [-0.15, -0.1) is 0 Å². The van der Waals surface area contributed by atoms with Crippen LogP contribution in [0.5, 0.6) is 0 Å². The van der Waals surface area contributed by atoms with Gasteiger partial charge in [0, 0.05) is 22.0 Å². The largest absolute Gasteiger partial charge is 0.394 e. The Kier molecular flexibility index (Phi) is 4.09. The Morgan fingerprint density at radius 3 is 2.61 bits per heavy atom. The molecule has 3 aromatic rings. The molecule has 0 bridgehead atoms. The first-order chi connectivity index (χ1) is 10.9. The summed E-state index contributed by atoms with van der Waals surface area (Å²) >= 11 is 1.51. The van der Waals surface area contributed by atoms with E-state index in [-0.39, 0.29) is 5.54 Å². The van der Waals surface area contributed by atoms with Crippen LogP contribution in [0.4, 0.5) is 11.5 Å². The molecule has 118 valence electrons. The van der Waals surface area contributed by atoms with E-state index < -0.39 is 0 Å². The van der Waals surface area contributed by atoms with Crippen molar-refractivity contribution >= 4 is 34.2 Å². The number of anilines is 2. The summed E-state index contributed by atoms with van der Waals surface area (Å²) in [6.45, 7) is 6.20. The highest BCUT2D eigenvalue weighted by Crippen LogP contribution is 2.36. The average Bonchev–Trinajstić information content (AvgIpc) is 2.50. The fourth-order valence-corrected chi connectivity index (χ4v) is 3.11. The van der Waals surface area contributed by atoms with E-state index >= 15 is 0 Å². The summed E-state index contributed by atoms with van der Waals surface area (Å²) in [5.74, 6) is 0.656. The normalized spacial score (nSPS) is 11.6. The first-order valence-electron chi connectivity index (χ1n) is 7.34. The minimum atomic E-state index is -0.120. The number of nitrogen functional groups attached to an aromatic ring is 1. The Morgan fingerprint density at radius 1 is 1.04 bits per heavy atom. The summed E-state index contributed by atoms with van der Waals surface area (Å²) in [5, 5.41) is 5.13. The Morgan fingerprint density at radius 2 is 1.83 bits per heavy atom. The molecule has 0 fully saturated rings. The number of nitrogens with two attached hydrogens (primary N) is 1. The number of nitrogens with one attached hydrogen (secondary N) is 1. The van der Waals surface area contributed by atoms with Gasteiger partial charge in [-0.3, -0.25) is 4.98 Å². The van der Waals surface area contributed by atoms with Gasteiger partial charge in [0.15, 0.2) is 5.82 Å². The highest BCUT2D eigenvalue weighted by molar-refractivity contribution is 7.99. The topological polar surface area (TPSA) is 76.7 Å². The summed E-state index contributed by atoms with van der Waals surface area (Å²) in [6, 6.07) is 10.1. The number of pyridine rings is 1. The fourth-order valence-electron chi connectivity index (χ4n) is 2.18. The van der Waals surface area contributed by atoms with Crippen LogP contribution >= 0.6 is 11.8 Å². The summed E-state index contributed by atoms with van der Waals surface area (Å²) in [6.07, 6.45) is 3.33. The number of fused-ring (bicyclic) bond motifs is 1. The number of hydrogen-bond donors (Lipinski definition) is 2. The Hall–Kier alpha value is -2.34. The molecule has 0 spiro atoms. The molecule has 2 heterocycles. The van der Waals surface area contributed by atoms with Crippen molar-refractivity contribution in [1.82, 2.24) is 15.0 Å². The second-order valence-corrected chi connectivity index (χ2v) is 7.28. The van der Waals surface area contributed by atoms with Gasteiger partial charge >= 0.3 is 0 Å². The zero-order valence-electron chi connectivity index (χ0n) is 13.4. The lowest BCUT2D eigenvalue weighted by atomic mass is 10.1. The van der Waals surface area contributed by atoms with Gasteiger partial charge in [0.2, 0.25) is 0 Å². The van der Waals surface area contributed by atoms with Crippen LogP contribution in [-0.2, 0) is 0 Å². The maximum atomic E-state index is 6.25. The van der Waals surface area contributed by atoms with Gasteiger partial charge in [-0.1, -0.05) is 30.0 Å². The van der Waals surface area contributed by atoms with Crippen LogP contribution in [0.25, 0.3) is 10.9 Å². The molecule has 3 rings (SSSR count). The highest BCUT2D eigenvalue weighted by atomic mass is 32.2. The summed E-state index contributed by atoms with van der Waals surface area (Å²) in [5.41, 5.74) is 7.64. The molecule has 23 heavy (non-hydrogen) atoms. The lowest BCUT2D eigenvalue weighted by molar-refractivity contribution is 0.630. The van der Waals surface area contributed by atoms with Crippen molar-refractivity contribution in [2.24, 2.45) is 0 Å². The van der Waals surface area contributed by atoms with E-state index in [2.05, 4.69) is 41.0 Å². The lowest BCUT2D eigenvalue weighted by Crippen LogP contribution is -2.27. The first kappa shape index (κ1) is 15.6. The molecule has 0 saturated heterocycles. The van der Waals surface area contributed by atoms with E-state index in [0.29, 0.717) is 11.5 Å².